The van der Waals surface area contributed by atoms with E-state index in [4.69, 9.17) is 0 Å². The molecule has 2 amide bonds. The fraction of sp³-hybridized carbons (Fsp3) is 0.296. The molecule has 1 aliphatic heterocycles. The van der Waals surface area contributed by atoms with Crippen molar-refractivity contribution in [1.29, 1.82) is 0 Å². The lowest BCUT2D eigenvalue weighted by atomic mass is 10.0. The molecule has 5 rings (SSSR count). The van der Waals surface area contributed by atoms with E-state index < -0.39 is 54.8 Å². The van der Waals surface area contributed by atoms with Gasteiger partial charge in [-0.3, -0.25) is 19.5 Å². The van der Waals surface area contributed by atoms with Gasteiger partial charge in [0.1, 0.15) is 11.6 Å². The zero-order chi connectivity index (χ0) is 31.1. The second-order valence-corrected chi connectivity index (χ2v) is 9.98. The fourth-order valence-corrected chi connectivity index (χ4v) is 4.51. The van der Waals surface area contributed by atoms with Gasteiger partial charge in [0.05, 0.1) is 48.8 Å². The highest BCUT2D eigenvalue weighted by atomic mass is 19.4. The average molecular weight is 608 g/mol. The molecule has 2 N–H and O–H groups in total. The summed E-state index contributed by atoms with van der Waals surface area (Å²) >= 11 is 0. The Morgan fingerprint density at radius 3 is 2.58 bits per heavy atom. The number of alkyl halides is 5. The summed E-state index contributed by atoms with van der Waals surface area (Å²) < 4.78 is 83.4. The largest absolute Gasteiger partial charge is 0.573 e. The molecule has 1 atom stereocenters. The Balaban J connectivity index is 1.30. The quantitative estimate of drug-likeness (QED) is 0.283. The summed E-state index contributed by atoms with van der Waals surface area (Å²) in [5.74, 6) is -5.25. The lowest BCUT2D eigenvalue weighted by Crippen LogP contribution is -2.57. The van der Waals surface area contributed by atoms with Crippen LogP contribution in [0.1, 0.15) is 34.6 Å². The van der Waals surface area contributed by atoms with E-state index in [2.05, 4.69) is 30.4 Å². The van der Waals surface area contributed by atoms with Crippen LogP contribution >= 0.6 is 0 Å². The first-order valence-corrected chi connectivity index (χ1v) is 12.8. The summed E-state index contributed by atoms with van der Waals surface area (Å²) in [5.41, 5.74) is 1.41. The highest BCUT2D eigenvalue weighted by molar-refractivity contribution is 5.96. The predicted octanol–water partition coefficient (Wildman–Crippen LogP) is 4.52. The number of benzene rings is 1. The number of anilines is 1. The summed E-state index contributed by atoms with van der Waals surface area (Å²) in [6.45, 7) is 1.80. The van der Waals surface area contributed by atoms with Crippen LogP contribution in [0.5, 0.6) is 5.75 Å². The van der Waals surface area contributed by atoms with Gasteiger partial charge in [-0.05, 0) is 50.2 Å². The molecule has 0 unspecified atom stereocenters. The molecule has 16 heteroatoms. The van der Waals surface area contributed by atoms with E-state index in [-0.39, 0.29) is 23.5 Å². The molecule has 10 nitrogen and oxygen atoms in total. The van der Waals surface area contributed by atoms with E-state index >= 15 is 0 Å². The zero-order valence-corrected chi connectivity index (χ0v) is 22.5. The van der Waals surface area contributed by atoms with E-state index in [0.29, 0.717) is 22.6 Å². The first-order valence-electron chi connectivity index (χ1n) is 12.8. The molecule has 1 aromatic carbocycles. The standard InChI is InChI=1S/C27H23F6N7O3/c1-14-19(25(42)35-15(2)18-8-17(3-4-20(18)28)43-27(31,32)33)7-16(9-34-14)21-5-6-23-36-22(10-40(23)38-21)37-24(41)11-39-12-26(29,30)13-39/h3-10,15H,11-13H2,1-2H3,(H,35,42)(H,37,41)/t15-/m1/s1. The molecule has 43 heavy (non-hydrogen) atoms. The smallest absolute Gasteiger partial charge is 0.406 e. The SMILES string of the molecule is Cc1ncc(-c2ccc3nc(NC(=O)CN4CC(F)(F)C4)cn3n2)cc1C(=O)N[C@H](C)c1cc(OC(F)(F)F)ccc1F. The molecule has 0 saturated carbocycles. The highest BCUT2D eigenvalue weighted by Crippen LogP contribution is 2.29. The number of likely N-dealkylation sites (tertiary alicyclic amines) is 1. The second-order valence-electron chi connectivity index (χ2n) is 9.98. The Bertz CT molecular complexity index is 1700. The molecule has 226 valence electrons. The van der Waals surface area contributed by atoms with Crippen LogP contribution in [0.25, 0.3) is 16.9 Å². The first-order chi connectivity index (χ1) is 20.2. The van der Waals surface area contributed by atoms with Gasteiger partial charge in [-0.1, -0.05) is 0 Å². The van der Waals surface area contributed by atoms with Crippen LogP contribution in [0.15, 0.2) is 48.8 Å². The van der Waals surface area contributed by atoms with Gasteiger partial charge >= 0.3 is 6.36 Å². The Morgan fingerprint density at radius 2 is 1.88 bits per heavy atom. The molecule has 0 aliphatic carbocycles. The normalized spacial score (nSPS) is 15.5. The maximum Gasteiger partial charge on any atom is 0.573 e. The van der Waals surface area contributed by atoms with Gasteiger partial charge in [-0.2, -0.15) is 5.10 Å². The number of hydrogen-bond donors (Lipinski definition) is 2. The fourth-order valence-electron chi connectivity index (χ4n) is 4.51. The second kappa shape index (κ2) is 11.2. The number of imidazole rings is 1. The third kappa shape index (κ3) is 7.02. The van der Waals surface area contributed by atoms with Crippen molar-refractivity contribution < 1.29 is 40.7 Å². The van der Waals surface area contributed by atoms with Crippen molar-refractivity contribution in [2.75, 3.05) is 25.0 Å². The van der Waals surface area contributed by atoms with Crippen molar-refractivity contribution in [3.8, 4) is 17.0 Å². The van der Waals surface area contributed by atoms with Gasteiger partial charge in [0.2, 0.25) is 5.91 Å². The maximum atomic E-state index is 14.4. The molecule has 0 radical (unpaired) electrons. The van der Waals surface area contributed by atoms with Gasteiger partial charge in [0, 0.05) is 17.3 Å². The molecule has 1 saturated heterocycles. The number of aryl methyl sites for hydroxylation is 1. The molecule has 1 fully saturated rings. The Morgan fingerprint density at radius 1 is 1.14 bits per heavy atom. The lowest BCUT2D eigenvalue weighted by molar-refractivity contribution is -0.274. The molecular formula is C27H23F6N7O3. The molecule has 0 bridgehead atoms. The first kappa shape index (κ1) is 29.8. The summed E-state index contributed by atoms with van der Waals surface area (Å²) in [6, 6.07) is 6.19. The number of nitrogens with zero attached hydrogens (tertiary/aromatic N) is 5. The molecule has 1 aliphatic rings. The Hall–Kier alpha value is -4.73. The van der Waals surface area contributed by atoms with Crippen molar-refractivity contribution in [1.82, 2.24) is 29.8 Å². The third-order valence-corrected chi connectivity index (χ3v) is 6.51. The van der Waals surface area contributed by atoms with E-state index in [9.17, 15) is 35.9 Å². The number of ether oxygens (including phenoxy) is 1. The number of halogens is 6. The van der Waals surface area contributed by atoms with Crippen LogP contribution in [-0.4, -0.2) is 68.2 Å². The number of carbonyl (C=O) groups is 2. The molecule has 4 aromatic rings. The van der Waals surface area contributed by atoms with Gasteiger partial charge < -0.3 is 15.4 Å². The van der Waals surface area contributed by atoms with Crippen LogP contribution in [0.4, 0.5) is 32.2 Å². The number of carbonyl (C=O) groups excluding carboxylic acids is 2. The van der Waals surface area contributed by atoms with Crippen molar-refractivity contribution in [2.45, 2.75) is 32.2 Å². The van der Waals surface area contributed by atoms with Crippen LogP contribution in [0, 0.1) is 12.7 Å². The van der Waals surface area contributed by atoms with Crippen LogP contribution < -0.4 is 15.4 Å². The van der Waals surface area contributed by atoms with Gasteiger partial charge in [0.15, 0.2) is 11.5 Å². The highest BCUT2D eigenvalue weighted by Gasteiger charge is 2.44. The zero-order valence-electron chi connectivity index (χ0n) is 22.5. The minimum atomic E-state index is -4.97. The average Bonchev–Trinajstić information content (AvgIpc) is 3.29. The van der Waals surface area contributed by atoms with Crippen molar-refractivity contribution in [2.24, 2.45) is 0 Å². The number of hydrogen-bond acceptors (Lipinski definition) is 7. The van der Waals surface area contributed by atoms with E-state index in [1.165, 1.54) is 34.8 Å². The summed E-state index contributed by atoms with van der Waals surface area (Å²) in [5, 5.41) is 9.55. The Kier molecular flexibility index (Phi) is 7.72. The minimum absolute atomic E-state index is 0.115. The van der Waals surface area contributed by atoms with Crippen molar-refractivity contribution in [3.05, 3.63) is 71.4 Å². The van der Waals surface area contributed by atoms with E-state index in [1.807, 2.05) is 0 Å². The molecule has 0 spiro atoms. The van der Waals surface area contributed by atoms with Gasteiger partial charge in [0.25, 0.3) is 11.8 Å². The lowest BCUT2D eigenvalue weighted by Gasteiger charge is -2.37. The Labute approximate surface area is 239 Å². The summed E-state index contributed by atoms with van der Waals surface area (Å²) in [6.07, 6.45) is -2.06. The predicted molar refractivity (Wildman–Crippen MR) is 140 cm³/mol. The number of pyridine rings is 1. The van der Waals surface area contributed by atoms with Crippen LogP contribution in [0.2, 0.25) is 0 Å². The van der Waals surface area contributed by atoms with Crippen molar-refractivity contribution >= 4 is 23.3 Å². The topological polar surface area (TPSA) is 114 Å². The number of nitrogens with one attached hydrogen (secondary N) is 2. The third-order valence-electron chi connectivity index (χ3n) is 6.51. The van der Waals surface area contributed by atoms with E-state index in [1.54, 1.807) is 19.1 Å². The summed E-state index contributed by atoms with van der Waals surface area (Å²) in [4.78, 5) is 35.1. The maximum absolute atomic E-state index is 14.4. The summed E-state index contributed by atoms with van der Waals surface area (Å²) in [7, 11) is 0. The number of amides is 2. The number of rotatable bonds is 8. The minimum Gasteiger partial charge on any atom is -0.406 e. The number of fused-ring (bicyclic) bond motifs is 1. The van der Waals surface area contributed by atoms with Crippen molar-refractivity contribution in [3.63, 3.8) is 0 Å². The molecule has 4 heterocycles. The molecular weight excluding hydrogens is 584 g/mol. The van der Waals surface area contributed by atoms with E-state index in [0.717, 1.165) is 18.2 Å². The monoisotopic (exact) mass is 607 g/mol. The molecule has 3 aromatic heterocycles. The van der Waals surface area contributed by atoms with Crippen LogP contribution in [0.3, 0.4) is 0 Å². The van der Waals surface area contributed by atoms with Gasteiger partial charge in [-0.15, -0.1) is 13.2 Å². The van der Waals surface area contributed by atoms with Gasteiger partial charge in [-0.25, -0.2) is 22.7 Å². The number of aromatic nitrogens is 4. The van der Waals surface area contributed by atoms with Crippen LogP contribution in [-0.2, 0) is 4.79 Å².